The summed E-state index contributed by atoms with van der Waals surface area (Å²) >= 11 is 5.52. The van der Waals surface area contributed by atoms with E-state index in [0.29, 0.717) is 11.6 Å². The zero-order valence-electron chi connectivity index (χ0n) is 7.78. The molecule has 0 aromatic carbocycles. The molecule has 0 amide bonds. The minimum atomic E-state index is 0.0287. The van der Waals surface area contributed by atoms with Crippen LogP contribution in [0.5, 0.6) is 0 Å². The van der Waals surface area contributed by atoms with Crippen LogP contribution in [0.4, 0.5) is 0 Å². The van der Waals surface area contributed by atoms with Crippen LogP contribution in [0.1, 0.15) is 11.3 Å². The van der Waals surface area contributed by atoms with Gasteiger partial charge >= 0.3 is 5.35 Å². The van der Waals surface area contributed by atoms with E-state index in [2.05, 4.69) is 15.2 Å². The van der Waals surface area contributed by atoms with Crippen molar-refractivity contribution in [1.82, 2.24) is 15.2 Å². The molecular weight excluding hydrogens is 202 g/mol. The first-order valence-electron chi connectivity index (χ1n) is 4.10. The third-order valence-corrected chi connectivity index (χ3v) is 1.87. The maximum absolute atomic E-state index is 5.52. The molecule has 72 valence electrons. The lowest BCUT2D eigenvalue weighted by Crippen LogP contribution is -1.88. The van der Waals surface area contributed by atoms with E-state index in [4.69, 9.17) is 16.0 Å². The first-order valence-corrected chi connectivity index (χ1v) is 4.47. The van der Waals surface area contributed by atoms with Gasteiger partial charge in [-0.15, -0.1) is 5.10 Å². The number of pyridine rings is 1. The minimum Gasteiger partial charge on any atom is -0.406 e. The van der Waals surface area contributed by atoms with Crippen molar-refractivity contribution >= 4 is 11.6 Å². The summed E-state index contributed by atoms with van der Waals surface area (Å²) in [5, 5.41) is 7.35. The van der Waals surface area contributed by atoms with Crippen LogP contribution in [-0.4, -0.2) is 15.2 Å². The quantitative estimate of drug-likeness (QED) is 0.724. The molecule has 0 aliphatic rings. The summed E-state index contributed by atoms with van der Waals surface area (Å²) in [5.41, 5.74) is 2.66. The molecule has 2 aromatic heterocycles. The zero-order valence-corrected chi connectivity index (χ0v) is 8.54. The van der Waals surface area contributed by atoms with E-state index >= 15 is 0 Å². The lowest BCUT2D eigenvalue weighted by atomic mass is 10.2. The summed E-state index contributed by atoms with van der Waals surface area (Å²) in [5.74, 6) is 0.349. The maximum Gasteiger partial charge on any atom is 0.313 e. The molecule has 14 heavy (non-hydrogen) atoms. The molecule has 4 nitrogen and oxygen atoms in total. The van der Waals surface area contributed by atoms with Crippen molar-refractivity contribution in [3.63, 3.8) is 0 Å². The summed E-state index contributed by atoms with van der Waals surface area (Å²) in [6, 6.07) is 3.85. The molecule has 0 aliphatic heterocycles. The Balaban J connectivity index is 2.51. The molecule has 0 fully saturated rings. The standard InChI is InChI=1S/C9H8ClN3O/c1-5-3-6(2)11-7(4-5)8-12-13-9(10)14-8/h3-4H,1-2H3. The largest absolute Gasteiger partial charge is 0.406 e. The molecule has 0 aliphatic carbocycles. The fraction of sp³-hybridized carbons (Fsp3) is 0.222. The summed E-state index contributed by atoms with van der Waals surface area (Å²) in [7, 11) is 0. The van der Waals surface area contributed by atoms with E-state index in [1.54, 1.807) is 0 Å². The van der Waals surface area contributed by atoms with Gasteiger partial charge in [-0.2, -0.15) is 0 Å². The SMILES string of the molecule is Cc1cc(C)nc(-c2nnc(Cl)o2)c1. The monoisotopic (exact) mass is 209 g/mol. The average Bonchev–Trinajstić information content (AvgIpc) is 2.50. The lowest BCUT2D eigenvalue weighted by Gasteiger charge is -1.98. The summed E-state index contributed by atoms with van der Waals surface area (Å²) < 4.78 is 5.06. The van der Waals surface area contributed by atoms with Gasteiger partial charge in [0.25, 0.3) is 5.89 Å². The van der Waals surface area contributed by atoms with Gasteiger partial charge in [-0.3, -0.25) is 0 Å². The van der Waals surface area contributed by atoms with Gasteiger partial charge in [-0.05, 0) is 43.1 Å². The van der Waals surface area contributed by atoms with Crippen LogP contribution in [-0.2, 0) is 0 Å². The number of halogens is 1. The van der Waals surface area contributed by atoms with E-state index in [9.17, 15) is 0 Å². The second-order valence-corrected chi connectivity index (χ2v) is 3.35. The maximum atomic E-state index is 5.52. The van der Waals surface area contributed by atoms with Crippen molar-refractivity contribution < 1.29 is 4.42 Å². The van der Waals surface area contributed by atoms with E-state index < -0.39 is 0 Å². The summed E-state index contributed by atoms with van der Waals surface area (Å²) in [4.78, 5) is 4.26. The van der Waals surface area contributed by atoms with Gasteiger partial charge in [0.1, 0.15) is 5.69 Å². The normalized spacial score (nSPS) is 10.5. The van der Waals surface area contributed by atoms with Gasteiger partial charge in [-0.1, -0.05) is 5.10 Å². The Morgan fingerprint density at radius 3 is 2.57 bits per heavy atom. The van der Waals surface area contributed by atoms with Crippen molar-refractivity contribution in [2.45, 2.75) is 13.8 Å². The first kappa shape index (κ1) is 9.15. The fourth-order valence-corrected chi connectivity index (χ4v) is 1.37. The highest BCUT2D eigenvalue weighted by atomic mass is 35.5. The zero-order chi connectivity index (χ0) is 10.1. The van der Waals surface area contributed by atoms with Crippen LogP contribution in [0.15, 0.2) is 16.5 Å². The van der Waals surface area contributed by atoms with Gasteiger partial charge in [0, 0.05) is 5.69 Å². The lowest BCUT2D eigenvalue weighted by molar-refractivity contribution is 0.568. The Hall–Kier alpha value is -1.42. The average molecular weight is 210 g/mol. The number of aromatic nitrogens is 3. The molecular formula is C9H8ClN3O. The highest BCUT2D eigenvalue weighted by molar-refractivity contribution is 6.27. The predicted octanol–water partition coefficient (Wildman–Crippen LogP) is 2.40. The molecule has 0 saturated heterocycles. The Morgan fingerprint density at radius 1 is 1.21 bits per heavy atom. The van der Waals surface area contributed by atoms with E-state index in [1.807, 2.05) is 26.0 Å². The van der Waals surface area contributed by atoms with Gasteiger partial charge in [0.05, 0.1) is 0 Å². The highest BCUT2D eigenvalue weighted by Crippen LogP contribution is 2.19. The van der Waals surface area contributed by atoms with Crippen molar-refractivity contribution in [1.29, 1.82) is 0 Å². The molecule has 0 N–H and O–H groups in total. The van der Waals surface area contributed by atoms with Crippen molar-refractivity contribution in [3.05, 3.63) is 28.7 Å². The van der Waals surface area contributed by atoms with Crippen molar-refractivity contribution in [3.8, 4) is 11.6 Å². The summed E-state index contributed by atoms with van der Waals surface area (Å²) in [6.07, 6.45) is 0. The molecule has 2 aromatic rings. The smallest absolute Gasteiger partial charge is 0.313 e. The minimum absolute atomic E-state index is 0.0287. The Morgan fingerprint density at radius 2 is 2.00 bits per heavy atom. The Bertz CT molecular complexity index is 447. The number of nitrogens with zero attached hydrogens (tertiary/aromatic N) is 3. The summed E-state index contributed by atoms with van der Waals surface area (Å²) in [6.45, 7) is 3.89. The molecule has 0 saturated carbocycles. The second-order valence-electron chi connectivity index (χ2n) is 3.03. The van der Waals surface area contributed by atoms with E-state index in [-0.39, 0.29) is 5.35 Å². The molecule has 0 atom stereocenters. The number of aryl methyl sites for hydroxylation is 2. The van der Waals surface area contributed by atoms with Crippen LogP contribution in [0.3, 0.4) is 0 Å². The van der Waals surface area contributed by atoms with Crippen LogP contribution >= 0.6 is 11.6 Å². The molecule has 0 unspecified atom stereocenters. The van der Waals surface area contributed by atoms with E-state index in [1.165, 1.54) is 0 Å². The van der Waals surface area contributed by atoms with Gasteiger partial charge < -0.3 is 4.42 Å². The van der Waals surface area contributed by atoms with Gasteiger partial charge in [-0.25, -0.2) is 4.98 Å². The first-order chi connectivity index (χ1) is 6.65. The molecule has 0 radical (unpaired) electrons. The Labute approximate surface area is 85.9 Å². The topological polar surface area (TPSA) is 51.8 Å². The van der Waals surface area contributed by atoms with Crippen LogP contribution in [0.2, 0.25) is 5.35 Å². The molecule has 5 heteroatoms. The second kappa shape index (κ2) is 3.38. The molecule has 0 bridgehead atoms. The van der Waals surface area contributed by atoms with Gasteiger partial charge in [0.15, 0.2) is 0 Å². The third-order valence-electron chi connectivity index (χ3n) is 1.72. The van der Waals surface area contributed by atoms with Crippen LogP contribution < -0.4 is 0 Å². The third kappa shape index (κ3) is 1.75. The molecule has 2 rings (SSSR count). The number of rotatable bonds is 1. The Kier molecular flexibility index (Phi) is 2.21. The van der Waals surface area contributed by atoms with Gasteiger partial charge in [0.2, 0.25) is 0 Å². The molecule has 2 heterocycles. The van der Waals surface area contributed by atoms with Crippen molar-refractivity contribution in [2.75, 3.05) is 0 Å². The van der Waals surface area contributed by atoms with Crippen molar-refractivity contribution in [2.24, 2.45) is 0 Å². The fourth-order valence-electron chi connectivity index (χ4n) is 1.26. The predicted molar refractivity (Wildman–Crippen MR) is 52.0 cm³/mol. The van der Waals surface area contributed by atoms with E-state index in [0.717, 1.165) is 11.3 Å². The molecule has 0 spiro atoms. The number of hydrogen-bond donors (Lipinski definition) is 0. The number of hydrogen-bond acceptors (Lipinski definition) is 4. The highest BCUT2D eigenvalue weighted by Gasteiger charge is 2.08. The van der Waals surface area contributed by atoms with Crippen LogP contribution in [0, 0.1) is 13.8 Å². The van der Waals surface area contributed by atoms with Crippen LogP contribution in [0.25, 0.3) is 11.6 Å².